The average molecular weight is 325 g/mol. The van der Waals surface area contributed by atoms with Crippen molar-refractivity contribution in [2.24, 2.45) is 0 Å². The zero-order valence-corrected chi connectivity index (χ0v) is 12.5. The highest BCUT2D eigenvalue weighted by molar-refractivity contribution is 9.09. The molecule has 3 heteroatoms. The van der Waals surface area contributed by atoms with E-state index in [1.54, 1.807) is 23.9 Å². The van der Waals surface area contributed by atoms with E-state index in [-0.39, 0.29) is 10.6 Å². The van der Waals surface area contributed by atoms with E-state index in [0.717, 1.165) is 12.0 Å². The first-order valence-electron chi connectivity index (χ1n) is 5.72. The van der Waals surface area contributed by atoms with E-state index in [9.17, 15) is 4.39 Å². The van der Waals surface area contributed by atoms with Crippen LogP contribution in [0.2, 0.25) is 0 Å². The molecular formula is C15H14BrFS. The van der Waals surface area contributed by atoms with Crippen LogP contribution in [0.3, 0.4) is 0 Å². The van der Waals surface area contributed by atoms with Crippen molar-refractivity contribution in [3.05, 3.63) is 65.5 Å². The maximum atomic E-state index is 13.1. The molecule has 0 heterocycles. The minimum absolute atomic E-state index is 0.176. The van der Waals surface area contributed by atoms with E-state index in [1.165, 1.54) is 16.5 Å². The van der Waals surface area contributed by atoms with Gasteiger partial charge in [-0.25, -0.2) is 4.39 Å². The number of thioether (sulfide) groups is 1. The fourth-order valence-corrected chi connectivity index (χ4v) is 3.49. The second kappa shape index (κ2) is 6.39. The summed E-state index contributed by atoms with van der Waals surface area (Å²) in [4.78, 5) is 1.47. The fourth-order valence-electron chi connectivity index (χ4n) is 1.91. The predicted octanol–water partition coefficient (Wildman–Crippen LogP) is 5.23. The van der Waals surface area contributed by atoms with Gasteiger partial charge in [0.2, 0.25) is 0 Å². The van der Waals surface area contributed by atoms with Crippen molar-refractivity contribution in [2.45, 2.75) is 16.1 Å². The molecular weight excluding hydrogens is 311 g/mol. The van der Waals surface area contributed by atoms with E-state index in [0.29, 0.717) is 0 Å². The Bertz CT molecular complexity index is 527. The lowest BCUT2D eigenvalue weighted by Crippen LogP contribution is -1.97. The van der Waals surface area contributed by atoms with Gasteiger partial charge in [-0.05, 0) is 42.0 Å². The van der Waals surface area contributed by atoms with Gasteiger partial charge in [-0.2, -0.15) is 0 Å². The van der Waals surface area contributed by atoms with E-state index < -0.39 is 0 Å². The zero-order valence-electron chi connectivity index (χ0n) is 10.1. The Kier molecular flexibility index (Phi) is 4.84. The lowest BCUT2D eigenvalue weighted by atomic mass is 10.0. The molecule has 0 fully saturated rings. The second-order valence-corrected chi connectivity index (χ2v) is 6.00. The summed E-state index contributed by atoms with van der Waals surface area (Å²) >= 11 is 5.44. The van der Waals surface area contributed by atoms with Crippen molar-refractivity contribution in [3.63, 3.8) is 0 Å². The third-order valence-electron chi connectivity index (χ3n) is 2.78. The Labute approximate surface area is 120 Å². The van der Waals surface area contributed by atoms with Crippen LogP contribution in [-0.4, -0.2) is 6.26 Å². The highest BCUT2D eigenvalue weighted by atomic mass is 79.9. The van der Waals surface area contributed by atoms with Crippen LogP contribution in [0.15, 0.2) is 53.4 Å². The Hall–Kier alpha value is -0.800. The largest absolute Gasteiger partial charge is 0.207 e. The van der Waals surface area contributed by atoms with Gasteiger partial charge in [0.05, 0.1) is 0 Å². The van der Waals surface area contributed by atoms with Crippen LogP contribution in [0.25, 0.3) is 0 Å². The molecule has 0 aliphatic heterocycles. The zero-order chi connectivity index (χ0) is 13.0. The molecule has 0 bridgehead atoms. The maximum Gasteiger partial charge on any atom is 0.123 e. The van der Waals surface area contributed by atoms with Crippen molar-refractivity contribution in [1.29, 1.82) is 0 Å². The molecule has 0 amide bonds. The number of halogens is 2. The van der Waals surface area contributed by atoms with Gasteiger partial charge in [-0.1, -0.05) is 46.3 Å². The monoisotopic (exact) mass is 324 g/mol. The molecule has 1 atom stereocenters. The molecule has 94 valence electrons. The molecule has 0 saturated carbocycles. The Balaban J connectivity index is 2.19. The van der Waals surface area contributed by atoms with Crippen LogP contribution >= 0.6 is 27.7 Å². The van der Waals surface area contributed by atoms with E-state index in [1.807, 2.05) is 18.2 Å². The highest BCUT2D eigenvalue weighted by Gasteiger charge is 2.12. The Morgan fingerprint density at radius 2 is 1.94 bits per heavy atom. The normalized spacial score (nSPS) is 12.4. The lowest BCUT2D eigenvalue weighted by molar-refractivity contribution is 0.625. The molecule has 1 unspecified atom stereocenters. The van der Waals surface area contributed by atoms with Gasteiger partial charge in [0.25, 0.3) is 0 Å². The molecule has 0 spiro atoms. The number of benzene rings is 2. The third-order valence-corrected chi connectivity index (χ3v) is 4.41. The standard InChI is InChI=1S/C15H14BrFS/c1-18-15-8-3-2-7-13(15)14(16)10-11-5-4-6-12(17)9-11/h2-9,14H,10H2,1H3. The van der Waals surface area contributed by atoms with Crippen molar-refractivity contribution in [3.8, 4) is 0 Å². The molecule has 0 aliphatic carbocycles. The smallest absolute Gasteiger partial charge is 0.123 e. The van der Waals surface area contributed by atoms with Gasteiger partial charge in [0.1, 0.15) is 5.82 Å². The van der Waals surface area contributed by atoms with Crippen LogP contribution in [0.1, 0.15) is 16.0 Å². The number of hydrogen-bond donors (Lipinski definition) is 0. The van der Waals surface area contributed by atoms with Gasteiger partial charge in [0, 0.05) is 9.72 Å². The molecule has 2 aromatic carbocycles. The van der Waals surface area contributed by atoms with E-state index in [4.69, 9.17) is 0 Å². The maximum absolute atomic E-state index is 13.1. The third kappa shape index (κ3) is 3.36. The van der Waals surface area contributed by atoms with Crippen LogP contribution in [-0.2, 0) is 6.42 Å². The number of rotatable bonds is 4. The summed E-state index contributed by atoms with van der Waals surface area (Å²) in [7, 11) is 0. The summed E-state index contributed by atoms with van der Waals surface area (Å²) in [5.74, 6) is -0.176. The van der Waals surface area contributed by atoms with Gasteiger partial charge >= 0.3 is 0 Å². The summed E-state index contributed by atoms with van der Waals surface area (Å²) in [6, 6.07) is 15.1. The molecule has 0 aliphatic rings. The SMILES string of the molecule is CSc1ccccc1C(Br)Cc1cccc(F)c1. The van der Waals surface area contributed by atoms with Crippen molar-refractivity contribution in [1.82, 2.24) is 0 Å². The molecule has 2 aromatic rings. The van der Waals surface area contributed by atoms with Gasteiger partial charge < -0.3 is 0 Å². The molecule has 0 nitrogen and oxygen atoms in total. The topological polar surface area (TPSA) is 0 Å². The minimum Gasteiger partial charge on any atom is -0.207 e. The Morgan fingerprint density at radius 1 is 1.17 bits per heavy atom. The summed E-state index contributed by atoms with van der Waals surface area (Å²) < 4.78 is 13.1. The van der Waals surface area contributed by atoms with E-state index >= 15 is 0 Å². The van der Waals surface area contributed by atoms with E-state index in [2.05, 4.69) is 34.3 Å². The second-order valence-electron chi connectivity index (χ2n) is 4.04. The summed E-state index contributed by atoms with van der Waals surface area (Å²) in [5, 5.41) is 0. The summed E-state index contributed by atoms with van der Waals surface area (Å²) in [6.45, 7) is 0. The van der Waals surface area contributed by atoms with Crippen LogP contribution in [0.5, 0.6) is 0 Å². The highest BCUT2D eigenvalue weighted by Crippen LogP contribution is 2.33. The van der Waals surface area contributed by atoms with Crippen LogP contribution in [0.4, 0.5) is 4.39 Å². The predicted molar refractivity (Wildman–Crippen MR) is 80.0 cm³/mol. The van der Waals surface area contributed by atoms with Crippen molar-refractivity contribution >= 4 is 27.7 Å². The van der Waals surface area contributed by atoms with Gasteiger partial charge in [0.15, 0.2) is 0 Å². The molecule has 2 rings (SSSR count). The summed E-state index contributed by atoms with van der Waals surface area (Å²) in [6.07, 6.45) is 2.86. The minimum atomic E-state index is -0.176. The summed E-state index contributed by atoms with van der Waals surface area (Å²) in [5.41, 5.74) is 2.27. The Morgan fingerprint density at radius 3 is 2.67 bits per heavy atom. The molecule has 0 aromatic heterocycles. The molecule has 0 N–H and O–H groups in total. The number of alkyl halides is 1. The van der Waals surface area contributed by atoms with Crippen LogP contribution < -0.4 is 0 Å². The van der Waals surface area contributed by atoms with Crippen LogP contribution in [0, 0.1) is 5.82 Å². The lowest BCUT2D eigenvalue weighted by Gasteiger charge is -2.14. The first-order valence-corrected chi connectivity index (χ1v) is 7.86. The van der Waals surface area contributed by atoms with Gasteiger partial charge in [-0.15, -0.1) is 11.8 Å². The van der Waals surface area contributed by atoms with Crippen molar-refractivity contribution < 1.29 is 4.39 Å². The first-order chi connectivity index (χ1) is 8.70. The molecule has 0 radical (unpaired) electrons. The number of hydrogen-bond acceptors (Lipinski definition) is 1. The molecule has 18 heavy (non-hydrogen) atoms. The average Bonchev–Trinajstić information content (AvgIpc) is 2.38. The molecule has 0 saturated heterocycles. The van der Waals surface area contributed by atoms with Crippen molar-refractivity contribution in [2.75, 3.05) is 6.26 Å². The quantitative estimate of drug-likeness (QED) is 0.548. The van der Waals surface area contributed by atoms with Gasteiger partial charge in [-0.3, -0.25) is 0 Å². The first kappa shape index (κ1) is 13.6. The fraction of sp³-hybridized carbons (Fsp3) is 0.200.